The highest BCUT2D eigenvalue weighted by Crippen LogP contribution is 2.08. The van der Waals surface area contributed by atoms with Gasteiger partial charge in [-0.15, -0.1) is 6.58 Å². The monoisotopic (exact) mass is 215 g/mol. The van der Waals surface area contributed by atoms with Crippen molar-refractivity contribution in [2.75, 3.05) is 0 Å². The third kappa shape index (κ3) is 5.97. The van der Waals surface area contributed by atoms with Gasteiger partial charge in [0.1, 0.15) is 0 Å². The summed E-state index contributed by atoms with van der Waals surface area (Å²) in [6.07, 6.45) is 12.3. The van der Waals surface area contributed by atoms with Crippen molar-refractivity contribution in [2.45, 2.75) is 27.2 Å². The molecular weight excluding hydrogens is 194 g/mol. The highest BCUT2D eigenvalue weighted by atomic mass is 14.7. The molecule has 1 nitrogen and oxygen atoms in total. The van der Waals surface area contributed by atoms with E-state index in [1.54, 1.807) is 6.08 Å². The molecule has 1 heteroatoms. The smallest absolute Gasteiger partial charge is 0.0616 e. The molecule has 0 aliphatic carbocycles. The normalized spacial score (nSPS) is 12.1. The second-order valence-corrected chi connectivity index (χ2v) is 3.59. The summed E-state index contributed by atoms with van der Waals surface area (Å²) in [5.74, 6) is 0. The molecule has 0 saturated heterocycles. The van der Waals surface area contributed by atoms with Crippen LogP contribution in [0.1, 0.15) is 27.2 Å². The van der Waals surface area contributed by atoms with E-state index in [0.717, 1.165) is 12.1 Å². The topological polar surface area (TPSA) is 12.4 Å². The summed E-state index contributed by atoms with van der Waals surface area (Å²) in [6.45, 7) is 13.5. The minimum absolute atomic E-state index is 0.848. The summed E-state index contributed by atoms with van der Waals surface area (Å²) in [5.41, 5.74) is 3.33. The maximum Gasteiger partial charge on any atom is 0.0616 e. The van der Waals surface area contributed by atoms with Gasteiger partial charge in [0.15, 0.2) is 0 Å². The fourth-order valence-corrected chi connectivity index (χ4v) is 1.06. The zero-order valence-corrected chi connectivity index (χ0v) is 10.5. The highest BCUT2D eigenvalue weighted by Gasteiger charge is 1.92. The fourth-order valence-electron chi connectivity index (χ4n) is 1.06. The molecule has 0 fully saturated rings. The van der Waals surface area contributed by atoms with Crippen LogP contribution in [0.15, 0.2) is 65.4 Å². The molecule has 0 radical (unpaired) electrons. The Balaban J connectivity index is 4.83. The van der Waals surface area contributed by atoms with Crippen molar-refractivity contribution < 1.29 is 0 Å². The van der Waals surface area contributed by atoms with Gasteiger partial charge in [0.2, 0.25) is 0 Å². The quantitative estimate of drug-likeness (QED) is 0.348. The van der Waals surface area contributed by atoms with E-state index in [1.807, 2.05) is 51.3 Å². The van der Waals surface area contributed by atoms with E-state index >= 15 is 0 Å². The third-order valence-electron chi connectivity index (χ3n) is 2.02. The molecule has 0 spiro atoms. The predicted molar refractivity (Wildman–Crippen MR) is 74.8 cm³/mol. The van der Waals surface area contributed by atoms with Crippen LogP contribution in [-0.4, -0.2) is 6.21 Å². The maximum absolute atomic E-state index is 4.45. The van der Waals surface area contributed by atoms with Gasteiger partial charge in [-0.05, 0) is 38.8 Å². The summed E-state index contributed by atoms with van der Waals surface area (Å²) < 4.78 is 0. The molecular formula is C15H21N. The Labute approximate surface area is 99.3 Å². The zero-order chi connectivity index (χ0) is 12.4. The van der Waals surface area contributed by atoms with E-state index in [-0.39, 0.29) is 0 Å². The maximum atomic E-state index is 4.45. The van der Waals surface area contributed by atoms with Crippen molar-refractivity contribution in [1.29, 1.82) is 0 Å². The SMILES string of the molecule is C=C/C=C\C(N=C/C(=C/C)CC=C)=C(C)C. The van der Waals surface area contributed by atoms with Crippen LogP contribution in [0.3, 0.4) is 0 Å². The minimum atomic E-state index is 0.848. The molecule has 0 saturated carbocycles. The van der Waals surface area contributed by atoms with Gasteiger partial charge in [-0.25, -0.2) is 0 Å². The molecule has 0 rings (SSSR count). The lowest BCUT2D eigenvalue weighted by Crippen LogP contribution is -1.85. The summed E-state index contributed by atoms with van der Waals surface area (Å²) in [7, 11) is 0. The van der Waals surface area contributed by atoms with E-state index in [2.05, 4.69) is 18.2 Å². The molecule has 86 valence electrons. The van der Waals surface area contributed by atoms with Crippen LogP contribution >= 0.6 is 0 Å². The molecule has 0 aromatic rings. The van der Waals surface area contributed by atoms with Crippen molar-refractivity contribution in [3.05, 3.63) is 60.4 Å². The van der Waals surface area contributed by atoms with E-state index in [0.29, 0.717) is 0 Å². The van der Waals surface area contributed by atoms with Gasteiger partial charge >= 0.3 is 0 Å². The molecule has 0 bridgehead atoms. The van der Waals surface area contributed by atoms with Crippen LogP contribution in [0.2, 0.25) is 0 Å². The molecule has 0 aliphatic heterocycles. The second kappa shape index (κ2) is 8.66. The first kappa shape index (κ1) is 14.4. The molecule has 16 heavy (non-hydrogen) atoms. The standard InChI is InChI=1S/C15H21N/c1-6-9-11-15(13(4)5)16-12-14(8-3)10-7-2/h6-9,11-12H,1-2,10H2,3-5H3/b11-9-,14-8+,16-12?. The molecule has 0 amide bonds. The predicted octanol–water partition coefficient (Wildman–Crippen LogP) is 4.62. The van der Waals surface area contributed by atoms with Crippen LogP contribution in [0.4, 0.5) is 0 Å². The first-order valence-electron chi connectivity index (χ1n) is 5.42. The summed E-state index contributed by atoms with van der Waals surface area (Å²) in [6, 6.07) is 0. The Kier molecular flexibility index (Phi) is 7.78. The number of hydrogen-bond donors (Lipinski definition) is 0. The van der Waals surface area contributed by atoms with Crippen molar-refractivity contribution in [3.8, 4) is 0 Å². The number of aliphatic imine (C=N–C) groups is 1. The van der Waals surface area contributed by atoms with Crippen LogP contribution in [0, 0.1) is 0 Å². The largest absolute Gasteiger partial charge is 0.257 e. The van der Waals surface area contributed by atoms with Crippen LogP contribution in [0.25, 0.3) is 0 Å². The van der Waals surface area contributed by atoms with E-state index < -0.39 is 0 Å². The van der Waals surface area contributed by atoms with E-state index in [9.17, 15) is 0 Å². The number of nitrogens with zero attached hydrogens (tertiary/aromatic N) is 1. The van der Waals surface area contributed by atoms with Crippen LogP contribution in [-0.2, 0) is 0 Å². The third-order valence-corrected chi connectivity index (χ3v) is 2.02. The summed E-state index contributed by atoms with van der Waals surface area (Å²) in [4.78, 5) is 4.45. The Morgan fingerprint density at radius 1 is 1.25 bits per heavy atom. The molecule has 0 heterocycles. The zero-order valence-electron chi connectivity index (χ0n) is 10.5. The van der Waals surface area contributed by atoms with Gasteiger partial charge in [-0.3, -0.25) is 4.99 Å². The molecule has 0 aromatic heterocycles. The fraction of sp³-hybridized carbons (Fsp3) is 0.267. The average Bonchev–Trinajstić information content (AvgIpc) is 2.27. The van der Waals surface area contributed by atoms with E-state index in [1.165, 1.54) is 11.1 Å². The van der Waals surface area contributed by atoms with Gasteiger partial charge in [-0.1, -0.05) is 36.5 Å². The van der Waals surface area contributed by atoms with Crippen molar-refractivity contribution >= 4 is 6.21 Å². The first-order valence-corrected chi connectivity index (χ1v) is 5.42. The summed E-state index contributed by atoms with van der Waals surface area (Å²) >= 11 is 0. The van der Waals surface area contributed by atoms with Gasteiger partial charge in [0.25, 0.3) is 0 Å². The second-order valence-electron chi connectivity index (χ2n) is 3.59. The van der Waals surface area contributed by atoms with Crippen molar-refractivity contribution in [3.63, 3.8) is 0 Å². The lowest BCUT2D eigenvalue weighted by atomic mass is 10.2. The lowest BCUT2D eigenvalue weighted by Gasteiger charge is -1.99. The molecule has 0 aliphatic rings. The highest BCUT2D eigenvalue weighted by molar-refractivity contribution is 5.80. The molecule has 0 aromatic carbocycles. The van der Waals surface area contributed by atoms with Gasteiger partial charge < -0.3 is 0 Å². The Morgan fingerprint density at radius 2 is 1.94 bits per heavy atom. The Bertz CT molecular complexity index is 348. The number of hydrogen-bond acceptors (Lipinski definition) is 1. The minimum Gasteiger partial charge on any atom is -0.257 e. The number of allylic oxidation sites excluding steroid dienone is 7. The number of rotatable bonds is 6. The average molecular weight is 215 g/mol. The van der Waals surface area contributed by atoms with Gasteiger partial charge in [0, 0.05) is 6.21 Å². The molecule has 0 unspecified atom stereocenters. The van der Waals surface area contributed by atoms with Crippen LogP contribution in [0.5, 0.6) is 0 Å². The van der Waals surface area contributed by atoms with Crippen molar-refractivity contribution in [2.24, 2.45) is 4.99 Å². The molecule has 0 atom stereocenters. The Morgan fingerprint density at radius 3 is 2.38 bits per heavy atom. The molecule has 0 N–H and O–H groups in total. The summed E-state index contributed by atoms with van der Waals surface area (Å²) in [5, 5.41) is 0. The van der Waals surface area contributed by atoms with Gasteiger partial charge in [0.05, 0.1) is 5.70 Å². The van der Waals surface area contributed by atoms with Gasteiger partial charge in [-0.2, -0.15) is 0 Å². The first-order chi connectivity index (χ1) is 7.65. The Hall–Kier alpha value is -1.63. The van der Waals surface area contributed by atoms with Crippen LogP contribution < -0.4 is 0 Å². The van der Waals surface area contributed by atoms with Crippen molar-refractivity contribution in [1.82, 2.24) is 0 Å². The van der Waals surface area contributed by atoms with E-state index in [4.69, 9.17) is 0 Å². The lowest BCUT2D eigenvalue weighted by molar-refractivity contribution is 1.24.